The highest BCUT2D eigenvalue weighted by molar-refractivity contribution is 8.22. The van der Waals surface area contributed by atoms with Crippen LogP contribution in [0.1, 0.15) is 5.76 Å². The van der Waals surface area contributed by atoms with Gasteiger partial charge in [0.25, 0.3) is 5.91 Å². The van der Waals surface area contributed by atoms with Crippen LogP contribution in [0.2, 0.25) is 0 Å². The topological polar surface area (TPSA) is 126 Å². The Bertz CT molecular complexity index is 763. The molecule has 3 rings (SSSR count). The van der Waals surface area contributed by atoms with E-state index in [1.54, 1.807) is 18.2 Å². The van der Waals surface area contributed by atoms with E-state index in [0.717, 1.165) is 0 Å². The summed E-state index contributed by atoms with van der Waals surface area (Å²) in [6, 6.07) is 7.93. The predicted octanol–water partition coefficient (Wildman–Crippen LogP) is 1.82. The number of fused-ring (bicyclic) bond motifs is 1. The first kappa shape index (κ1) is 17.3. The second-order valence-electron chi connectivity index (χ2n) is 4.98. The molecule has 1 aliphatic heterocycles. The second-order valence-corrected chi connectivity index (χ2v) is 6.84. The van der Waals surface area contributed by atoms with E-state index in [2.05, 4.69) is 15.2 Å². The average molecular weight is 367 g/mol. The first-order valence-electron chi connectivity index (χ1n) is 7.32. The highest BCUT2D eigenvalue weighted by Gasteiger charge is 2.20. The molecule has 0 saturated carbocycles. The van der Waals surface area contributed by atoms with Crippen LogP contribution in [-0.4, -0.2) is 41.0 Å². The minimum absolute atomic E-state index is 0.198. The van der Waals surface area contributed by atoms with E-state index in [1.807, 2.05) is 0 Å². The summed E-state index contributed by atoms with van der Waals surface area (Å²) in [6.07, 6.45) is 2.81. The summed E-state index contributed by atoms with van der Waals surface area (Å²) in [5.41, 5.74) is 2.25. The lowest BCUT2D eigenvalue weighted by atomic mass is 10.3. The van der Waals surface area contributed by atoms with Crippen LogP contribution in [0.3, 0.4) is 0 Å². The molecule has 0 spiro atoms. The number of nitrogens with zero attached hydrogens (tertiary/aromatic N) is 1. The van der Waals surface area contributed by atoms with E-state index in [1.165, 1.54) is 24.6 Å². The van der Waals surface area contributed by atoms with Crippen molar-refractivity contribution in [2.75, 3.05) is 19.8 Å². The number of rotatable bonds is 6. The largest absolute Gasteiger partial charge is 0.486 e. The number of ether oxygens (including phenoxy) is 2. The zero-order valence-electron chi connectivity index (χ0n) is 13.0. The summed E-state index contributed by atoms with van der Waals surface area (Å²) in [5, 5.41) is 3.70. The number of nitrogens with one attached hydrogen (secondary N) is 2. The molecule has 9 nitrogen and oxygen atoms in total. The summed E-state index contributed by atoms with van der Waals surface area (Å²) >= 11 is 0. The number of benzene rings is 1. The third-order valence-electron chi connectivity index (χ3n) is 3.20. The molecule has 1 amide bonds. The van der Waals surface area contributed by atoms with Crippen molar-refractivity contribution in [2.45, 2.75) is 4.90 Å². The molecular formula is C15H17N3O6S. The molecule has 134 valence electrons. The van der Waals surface area contributed by atoms with Crippen LogP contribution < -0.4 is 19.6 Å². The number of amides is 1. The Morgan fingerprint density at radius 1 is 1.24 bits per heavy atom. The van der Waals surface area contributed by atoms with Crippen LogP contribution in [0.25, 0.3) is 0 Å². The third kappa shape index (κ3) is 4.51. The molecule has 0 aliphatic carbocycles. The number of hydrogen-bond acceptors (Lipinski definition) is 8. The molecule has 0 fully saturated rings. The van der Waals surface area contributed by atoms with Gasteiger partial charge in [-0.15, -0.1) is 10.8 Å². The molecular weight excluding hydrogens is 350 g/mol. The first-order valence-corrected chi connectivity index (χ1v) is 8.87. The molecule has 1 aliphatic rings. The summed E-state index contributed by atoms with van der Waals surface area (Å²) < 4.78 is 38.6. The molecule has 0 saturated heterocycles. The van der Waals surface area contributed by atoms with Crippen LogP contribution in [0.5, 0.6) is 11.5 Å². The molecule has 1 aromatic heterocycles. The normalized spacial score (nSPS) is 14.5. The van der Waals surface area contributed by atoms with Crippen molar-refractivity contribution in [2.24, 2.45) is 5.10 Å². The molecule has 0 bridgehead atoms. The highest BCUT2D eigenvalue weighted by Crippen LogP contribution is 2.47. The monoisotopic (exact) mass is 367 g/mol. The van der Waals surface area contributed by atoms with Crippen molar-refractivity contribution < 1.29 is 27.8 Å². The van der Waals surface area contributed by atoms with Crippen molar-refractivity contribution in [3.05, 3.63) is 42.4 Å². The molecule has 25 heavy (non-hydrogen) atoms. The van der Waals surface area contributed by atoms with Gasteiger partial charge in [0.15, 0.2) is 11.5 Å². The minimum Gasteiger partial charge on any atom is -0.486 e. The predicted molar refractivity (Wildman–Crippen MR) is 91.0 cm³/mol. The Labute approximate surface area is 145 Å². The zero-order valence-corrected chi connectivity index (χ0v) is 13.9. The van der Waals surface area contributed by atoms with E-state index < -0.39 is 16.7 Å². The maximum absolute atomic E-state index is 11.7. The Hall–Kier alpha value is -2.53. The third-order valence-corrected chi connectivity index (χ3v) is 4.66. The molecule has 2 heterocycles. The Morgan fingerprint density at radius 3 is 2.80 bits per heavy atom. The van der Waals surface area contributed by atoms with Crippen LogP contribution in [0.15, 0.2) is 51.0 Å². The van der Waals surface area contributed by atoms with E-state index >= 15 is 0 Å². The molecule has 0 radical (unpaired) electrons. The number of hydrogen-bond donors (Lipinski definition) is 4. The van der Waals surface area contributed by atoms with Crippen molar-refractivity contribution in [3.8, 4) is 11.5 Å². The summed E-state index contributed by atoms with van der Waals surface area (Å²) in [6.45, 7) is 0.491. The van der Waals surface area contributed by atoms with Gasteiger partial charge in [-0.1, -0.05) is 0 Å². The Morgan fingerprint density at radius 2 is 2.04 bits per heavy atom. The van der Waals surface area contributed by atoms with E-state index in [9.17, 15) is 13.9 Å². The fourth-order valence-corrected chi connectivity index (χ4v) is 3.05. The molecule has 1 aromatic carbocycles. The number of furan rings is 1. The van der Waals surface area contributed by atoms with Crippen molar-refractivity contribution in [1.29, 1.82) is 0 Å². The smallest absolute Gasteiger partial charge is 0.255 e. The lowest BCUT2D eigenvalue weighted by molar-refractivity contribution is -0.119. The highest BCUT2D eigenvalue weighted by atomic mass is 32.3. The van der Waals surface area contributed by atoms with Gasteiger partial charge in [-0.05, 0) is 24.3 Å². The fourth-order valence-electron chi connectivity index (χ4n) is 2.02. The quantitative estimate of drug-likeness (QED) is 0.453. The maximum atomic E-state index is 11.7. The van der Waals surface area contributed by atoms with Gasteiger partial charge >= 0.3 is 0 Å². The van der Waals surface area contributed by atoms with E-state index in [4.69, 9.17) is 13.9 Å². The van der Waals surface area contributed by atoms with Crippen molar-refractivity contribution in [1.82, 2.24) is 10.1 Å². The van der Waals surface area contributed by atoms with Gasteiger partial charge in [0.05, 0.1) is 23.9 Å². The number of carbonyl (C=O) groups excluding carboxylic acids is 1. The molecule has 2 aromatic rings. The molecule has 10 heteroatoms. The molecule has 0 unspecified atom stereocenters. The zero-order chi connectivity index (χ0) is 17.7. The fraction of sp³-hybridized carbons (Fsp3) is 0.200. The van der Waals surface area contributed by atoms with Crippen molar-refractivity contribution in [3.63, 3.8) is 0 Å². The van der Waals surface area contributed by atoms with Gasteiger partial charge in [0, 0.05) is 6.07 Å². The van der Waals surface area contributed by atoms with Crippen molar-refractivity contribution >= 4 is 22.9 Å². The lowest BCUT2D eigenvalue weighted by Gasteiger charge is -2.33. The lowest BCUT2D eigenvalue weighted by Crippen LogP contribution is -2.33. The van der Waals surface area contributed by atoms with Crippen LogP contribution >= 0.6 is 10.8 Å². The van der Waals surface area contributed by atoms with Gasteiger partial charge in [-0.2, -0.15) is 5.10 Å². The Balaban J connectivity index is 1.55. The molecule has 0 atom stereocenters. The second kappa shape index (κ2) is 7.57. The van der Waals surface area contributed by atoms with Crippen LogP contribution in [-0.2, 0) is 4.79 Å². The van der Waals surface area contributed by atoms with Gasteiger partial charge in [0.2, 0.25) is 0 Å². The van der Waals surface area contributed by atoms with E-state index in [0.29, 0.717) is 30.5 Å². The first-order chi connectivity index (χ1) is 12.0. The van der Waals surface area contributed by atoms with Gasteiger partial charge in [0.1, 0.15) is 19.0 Å². The maximum Gasteiger partial charge on any atom is 0.255 e. The number of carbonyl (C=O) groups is 1. The SMILES string of the molecule is O=C(CNS(O)(O)c1ccc2c(c1)OCCO2)N/N=C/c1ccco1. The van der Waals surface area contributed by atoms with Gasteiger partial charge in [-0.3, -0.25) is 13.9 Å². The van der Waals surface area contributed by atoms with Crippen LogP contribution in [0, 0.1) is 0 Å². The summed E-state index contributed by atoms with van der Waals surface area (Å²) in [5.74, 6) is 0.905. The number of hydrazone groups is 1. The average Bonchev–Trinajstić information content (AvgIpc) is 3.13. The van der Waals surface area contributed by atoms with Gasteiger partial charge in [-0.25, -0.2) is 10.1 Å². The summed E-state index contributed by atoms with van der Waals surface area (Å²) in [7, 11) is -3.37. The van der Waals surface area contributed by atoms with Gasteiger partial charge < -0.3 is 13.9 Å². The minimum atomic E-state index is -3.37. The van der Waals surface area contributed by atoms with Crippen LogP contribution in [0.4, 0.5) is 0 Å². The van der Waals surface area contributed by atoms with E-state index in [-0.39, 0.29) is 11.4 Å². The standard InChI is InChI=1S/C15H17N3O6S/c19-15(18-16-9-11-2-1-5-22-11)10-17-25(20,21)12-3-4-13-14(8-12)24-7-6-23-13/h1-5,8-9,17,20-21H,6-7,10H2,(H,18,19)/b16-9+. The Kier molecular flexibility index (Phi) is 5.24. The summed E-state index contributed by atoms with van der Waals surface area (Å²) in [4.78, 5) is 11.9. The molecule has 4 N–H and O–H groups in total.